The molecule has 4 aromatic heterocycles. The third kappa shape index (κ3) is 9.32. The summed E-state index contributed by atoms with van der Waals surface area (Å²) in [6, 6.07) is 0. The van der Waals surface area contributed by atoms with Crippen molar-refractivity contribution in [1.82, 2.24) is 34.1 Å². The van der Waals surface area contributed by atoms with Crippen LogP contribution in [0.1, 0.15) is 38.1 Å². The summed E-state index contributed by atoms with van der Waals surface area (Å²) >= 11 is 3.86. The Morgan fingerprint density at radius 2 is 1.68 bits per heavy atom. The predicted molar refractivity (Wildman–Crippen MR) is 207 cm³/mol. The lowest BCUT2D eigenvalue weighted by atomic mass is 10.1. The summed E-state index contributed by atoms with van der Waals surface area (Å²) in [7, 11) is -4.03. The zero-order chi connectivity index (χ0) is 42.6. The van der Waals surface area contributed by atoms with Gasteiger partial charge in [-0.1, -0.05) is 25.1 Å². The van der Waals surface area contributed by atoms with Crippen LogP contribution in [0.25, 0.3) is 22.3 Å². The van der Waals surface area contributed by atoms with Crippen molar-refractivity contribution in [2.75, 3.05) is 51.0 Å². The van der Waals surface area contributed by atoms with E-state index in [0.29, 0.717) is 11.2 Å². The number of aryl methyl sites for hydroxylation is 1. The number of nitrogen functional groups attached to an aromatic ring is 1. The number of nitrogens with two attached hydrogens (primary N) is 1. The van der Waals surface area contributed by atoms with Crippen LogP contribution < -0.4 is 20.8 Å². The van der Waals surface area contributed by atoms with E-state index in [0.717, 1.165) is 25.7 Å². The smallest absolute Gasteiger partial charge is 0.387 e. The normalized spacial score (nSPS) is 29.6. The number of thiol groups is 1. The summed E-state index contributed by atoms with van der Waals surface area (Å²) in [5.41, 5.74) is 6.38. The van der Waals surface area contributed by atoms with Gasteiger partial charge < -0.3 is 54.1 Å². The standard InChI is InChI=1S/C30H45N10O15P3S/c1-37(2)30-35-26-19(27(43)36-30)38(3)13-40(26)28-21(42)20(41)16(53-28)9-50-56(44,45)14-57(46,47)55-58(48,59)51-10-17-22(52-15-7-5-6-8-15)23(49-4)29(54-17)39-12-34-18-24(31)32-11-33-25(18)39/h11-13,15-17,20-23,28-29,41-42H,5-10,14H2,1-4H3,(H5-,31,32,33,35,36,43,44,45,46,47,48,59)/p+1/t16-,17-,20?,21+,22?,23+,28-,29-,58?/m1/s1. The molecular weight excluding hydrogens is 865 g/mol. The quantitative estimate of drug-likeness (QED) is 0.0452. The van der Waals surface area contributed by atoms with Crippen LogP contribution in [0, 0.1) is 0 Å². The molecule has 7 rings (SSSR count). The molecule has 2 saturated heterocycles. The van der Waals surface area contributed by atoms with Crippen LogP contribution >= 0.6 is 34.2 Å². The second-order valence-electron chi connectivity index (χ2n) is 14.5. The lowest BCUT2D eigenvalue weighted by Crippen LogP contribution is -2.40. The number of ether oxygens (including phenoxy) is 4. The van der Waals surface area contributed by atoms with Crippen LogP contribution in [0.5, 0.6) is 0 Å². The molecule has 326 valence electrons. The molecule has 1 saturated carbocycles. The average molecular weight is 912 g/mol. The summed E-state index contributed by atoms with van der Waals surface area (Å²) in [5, 5.41) is 21.7. The van der Waals surface area contributed by atoms with E-state index in [2.05, 4.69) is 37.2 Å². The summed E-state index contributed by atoms with van der Waals surface area (Å²) in [4.78, 5) is 55.0. The zero-order valence-electron chi connectivity index (χ0n) is 32.1. The SMILES string of the molecule is CO[C@H]1C(OC2CCCC2)[C@@H](COP(=O)(S)OP(=O)(O)CP(=O)(O)OC[C@H]2O[C@@H](n3c[n+](C)c4c(=O)[nH]c(N(C)C)nc43)[C@@H](O)C2O)O[C@H]1n1cnc2c(N)ncnc21. The highest BCUT2D eigenvalue weighted by Gasteiger charge is 2.51. The lowest BCUT2D eigenvalue weighted by Gasteiger charge is -2.27. The summed E-state index contributed by atoms with van der Waals surface area (Å²) in [6.45, 7) is -6.18. The van der Waals surface area contributed by atoms with Crippen molar-refractivity contribution < 1.29 is 70.6 Å². The topological polar surface area (TPSA) is 324 Å². The molecule has 4 aromatic rings. The number of aromatic amines is 1. The largest absolute Gasteiger partial charge is 0.393 e. The molecule has 0 aromatic carbocycles. The first kappa shape index (κ1) is 44.2. The first-order valence-corrected chi connectivity index (χ1v) is 24.4. The monoisotopic (exact) mass is 911 g/mol. The number of rotatable bonds is 16. The van der Waals surface area contributed by atoms with Crippen molar-refractivity contribution in [1.29, 1.82) is 0 Å². The van der Waals surface area contributed by atoms with Crippen LogP contribution in [0.2, 0.25) is 0 Å². The average Bonchev–Trinajstić information content (AvgIpc) is 3.98. The summed E-state index contributed by atoms with van der Waals surface area (Å²) in [6.07, 6.45) is -2.16. The van der Waals surface area contributed by atoms with Crippen LogP contribution in [0.4, 0.5) is 11.8 Å². The van der Waals surface area contributed by atoms with Crippen LogP contribution in [0.15, 0.2) is 23.8 Å². The Labute approximate surface area is 340 Å². The van der Waals surface area contributed by atoms with E-state index in [1.807, 2.05) is 0 Å². The van der Waals surface area contributed by atoms with Crippen molar-refractivity contribution in [2.24, 2.45) is 7.05 Å². The fourth-order valence-electron chi connectivity index (χ4n) is 7.35. The second kappa shape index (κ2) is 17.1. The minimum Gasteiger partial charge on any atom is -0.387 e. The van der Waals surface area contributed by atoms with Gasteiger partial charge in [0.15, 0.2) is 23.6 Å². The number of aromatic nitrogens is 8. The molecule has 0 bridgehead atoms. The maximum atomic E-state index is 13.4. The minimum absolute atomic E-state index is 0.101. The molecule has 29 heteroatoms. The van der Waals surface area contributed by atoms with E-state index in [1.165, 1.54) is 35.2 Å². The zero-order valence-corrected chi connectivity index (χ0v) is 35.7. The van der Waals surface area contributed by atoms with Crippen LogP contribution in [-0.2, 0) is 53.0 Å². The van der Waals surface area contributed by atoms with Gasteiger partial charge in [-0.05, 0) is 12.8 Å². The lowest BCUT2D eigenvalue weighted by molar-refractivity contribution is -0.646. The first-order valence-electron chi connectivity index (χ1n) is 18.2. The highest BCUT2D eigenvalue weighted by molar-refractivity contribution is 8.45. The number of H-pyrrole nitrogens is 1. The molecule has 11 atom stereocenters. The molecule has 0 amide bonds. The highest BCUT2D eigenvalue weighted by atomic mass is 32.7. The van der Waals surface area contributed by atoms with Gasteiger partial charge in [0.1, 0.15) is 48.5 Å². The van der Waals surface area contributed by atoms with E-state index in [9.17, 15) is 38.5 Å². The van der Waals surface area contributed by atoms with Gasteiger partial charge in [0.25, 0.3) is 11.2 Å². The molecule has 2 aliphatic heterocycles. The Morgan fingerprint density at radius 1 is 0.983 bits per heavy atom. The van der Waals surface area contributed by atoms with E-state index in [1.54, 1.807) is 30.6 Å². The number of aliphatic hydroxyl groups is 2. The molecule has 5 unspecified atom stereocenters. The Bertz CT molecular complexity index is 2380. The van der Waals surface area contributed by atoms with E-state index >= 15 is 0 Å². The number of hydrogen-bond acceptors (Lipinski definition) is 19. The van der Waals surface area contributed by atoms with Crippen molar-refractivity contribution >= 4 is 68.3 Å². The third-order valence-corrected chi connectivity index (χ3v) is 16.8. The van der Waals surface area contributed by atoms with Gasteiger partial charge in [-0.2, -0.15) is 9.55 Å². The van der Waals surface area contributed by atoms with Crippen molar-refractivity contribution in [3.05, 3.63) is 29.3 Å². The highest BCUT2D eigenvalue weighted by Crippen LogP contribution is 2.69. The van der Waals surface area contributed by atoms with E-state index in [4.69, 9.17) is 38.0 Å². The molecule has 3 aliphatic rings. The van der Waals surface area contributed by atoms with Crippen LogP contribution in [-0.4, -0.2) is 137 Å². The van der Waals surface area contributed by atoms with Gasteiger partial charge in [0, 0.05) is 21.2 Å². The Balaban J connectivity index is 0.988. The Morgan fingerprint density at radius 3 is 2.37 bits per heavy atom. The van der Waals surface area contributed by atoms with Gasteiger partial charge in [-0.3, -0.25) is 28.0 Å². The molecule has 3 fully saturated rings. The minimum atomic E-state index is -5.27. The third-order valence-electron chi connectivity index (χ3n) is 10.1. The Hall–Kier alpha value is -2.90. The molecule has 59 heavy (non-hydrogen) atoms. The number of aliphatic hydroxyl groups excluding tert-OH is 2. The van der Waals surface area contributed by atoms with Gasteiger partial charge >= 0.3 is 27.5 Å². The Kier molecular flexibility index (Phi) is 12.8. The van der Waals surface area contributed by atoms with E-state index < -0.39 is 95.7 Å². The number of nitrogens with one attached hydrogen (secondary N) is 1. The number of fused-ring (bicyclic) bond motifs is 2. The first-order chi connectivity index (χ1) is 27.8. The van der Waals surface area contributed by atoms with Crippen molar-refractivity contribution in [2.45, 2.75) is 80.9 Å². The molecule has 25 nitrogen and oxygen atoms in total. The molecule has 0 spiro atoms. The fourth-order valence-corrected chi connectivity index (χ4v) is 13.6. The maximum absolute atomic E-state index is 13.4. The van der Waals surface area contributed by atoms with Gasteiger partial charge in [-0.15, -0.1) is 0 Å². The summed E-state index contributed by atoms with van der Waals surface area (Å²) < 4.78 is 83.5. The maximum Gasteiger partial charge on any atom is 0.393 e. The second-order valence-corrected chi connectivity index (χ2v) is 21.8. The van der Waals surface area contributed by atoms with Gasteiger partial charge in [0.2, 0.25) is 18.5 Å². The molecule has 1 aliphatic carbocycles. The van der Waals surface area contributed by atoms with Crippen molar-refractivity contribution in [3.8, 4) is 0 Å². The van der Waals surface area contributed by atoms with E-state index in [-0.39, 0.29) is 29.0 Å². The van der Waals surface area contributed by atoms with Gasteiger partial charge in [0.05, 0.1) is 32.7 Å². The number of methoxy groups -OCH3 is 1. The fraction of sp³-hybridized carbons (Fsp3) is 0.667. The molecule has 0 radical (unpaired) electrons. The van der Waals surface area contributed by atoms with Crippen molar-refractivity contribution in [3.63, 3.8) is 0 Å². The number of hydrogen-bond donors (Lipinski definition) is 7. The van der Waals surface area contributed by atoms with Gasteiger partial charge in [-0.25, -0.2) is 28.4 Å². The number of nitrogens with zero attached hydrogens (tertiary/aromatic N) is 8. The van der Waals surface area contributed by atoms with Crippen LogP contribution in [0.3, 0.4) is 0 Å². The molecular formula is C30H46N10O15P3S+. The summed E-state index contributed by atoms with van der Waals surface area (Å²) in [5.74, 6) is -1.23. The molecule has 7 N–H and O–H groups in total. The predicted octanol–water partition coefficient (Wildman–Crippen LogP) is 0.313. The number of imidazole rings is 2. The molecule has 6 heterocycles. The number of anilines is 2.